The van der Waals surface area contributed by atoms with Crippen molar-refractivity contribution < 1.29 is 14.3 Å². The third-order valence-corrected chi connectivity index (χ3v) is 6.55. The standard InChI is InChI=1S/C30H30N6O3/c1-21(37)32-23-9-7-22(8-10-23)27-15-16-31-30(34-27)33-24-11-13-25(14-12-24)35-17-19-36(20-18-35)29(38)26-5-3-4-6-28(26)39-2/h3-16H,17-20H2,1-2H3,(H,32,37)(H,31,33,34). The molecule has 1 fully saturated rings. The van der Waals surface area contributed by atoms with Crippen LogP contribution in [0.1, 0.15) is 17.3 Å². The number of amides is 2. The molecule has 0 aliphatic carbocycles. The van der Waals surface area contributed by atoms with Gasteiger partial charge in [-0.2, -0.15) is 0 Å². The third kappa shape index (κ3) is 6.15. The lowest BCUT2D eigenvalue weighted by Crippen LogP contribution is -2.48. The molecule has 1 aliphatic heterocycles. The number of carbonyl (C=O) groups is 2. The minimum atomic E-state index is -0.108. The Balaban J connectivity index is 1.19. The second kappa shape index (κ2) is 11.6. The Hall–Kier alpha value is -4.92. The van der Waals surface area contributed by atoms with E-state index in [0.717, 1.165) is 41.4 Å². The molecule has 5 rings (SSSR count). The van der Waals surface area contributed by atoms with Gasteiger partial charge in [-0.1, -0.05) is 24.3 Å². The monoisotopic (exact) mass is 522 g/mol. The molecule has 9 heteroatoms. The Morgan fingerprint density at radius 3 is 2.23 bits per heavy atom. The number of hydrogen-bond acceptors (Lipinski definition) is 7. The van der Waals surface area contributed by atoms with E-state index in [1.807, 2.05) is 71.6 Å². The van der Waals surface area contributed by atoms with Crippen LogP contribution in [0.2, 0.25) is 0 Å². The third-order valence-electron chi connectivity index (χ3n) is 6.55. The van der Waals surface area contributed by atoms with Crippen LogP contribution in [-0.2, 0) is 4.79 Å². The predicted molar refractivity (Wildman–Crippen MR) is 153 cm³/mol. The molecule has 39 heavy (non-hydrogen) atoms. The van der Waals surface area contributed by atoms with Gasteiger partial charge in [0.1, 0.15) is 5.75 Å². The number of hydrogen-bond donors (Lipinski definition) is 2. The van der Waals surface area contributed by atoms with Crippen LogP contribution < -0.4 is 20.3 Å². The lowest BCUT2D eigenvalue weighted by atomic mass is 10.1. The molecular weight excluding hydrogens is 492 g/mol. The minimum Gasteiger partial charge on any atom is -0.496 e. The van der Waals surface area contributed by atoms with Gasteiger partial charge in [0.05, 0.1) is 18.4 Å². The summed E-state index contributed by atoms with van der Waals surface area (Å²) in [6, 6.07) is 24.8. The molecule has 0 bridgehead atoms. The van der Waals surface area contributed by atoms with Gasteiger partial charge in [0.25, 0.3) is 5.91 Å². The van der Waals surface area contributed by atoms with Crippen LogP contribution in [0.4, 0.5) is 23.0 Å². The molecule has 1 saturated heterocycles. The van der Waals surface area contributed by atoms with Gasteiger partial charge in [0.2, 0.25) is 11.9 Å². The van der Waals surface area contributed by atoms with Gasteiger partial charge < -0.3 is 25.2 Å². The number of rotatable bonds is 7. The molecule has 3 aromatic carbocycles. The number of para-hydroxylation sites is 1. The summed E-state index contributed by atoms with van der Waals surface area (Å²) in [5, 5.41) is 6.03. The molecule has 0 radical (unpaired) electrons. The second-order valence-electron chi connectivity index (χ2n) is 9.18. The average molecular weight is 523 g/mol. The second-order valence-corrected chi connectivity index (χ2v) is 9.18. The van der Waals surface area contributed by atoms with Crippen molar-refractivity contribution >= 4 is 34.8 Å². The minimum absolute atomic E-state index is 0.00227. The van der Waals surface area contributed by atoms with Gasteiger partial charge in [-0.15, -0.1) is 0 Å². The molecule has 0 atom stereocenters. The Morgan fingerprint density at radius 2 is 1.54 bits per heavy atom. The van der Waals surface area contributed by atoms with Crippen molar-refractivity contribution in [3.8, 4) is 17.0 Å². The SMILES string of the molecule is COc1ccccc1C(=O)N1CCN(c2ccc(Nc3nccc(-c4ccc(NC(C)=O)cc4)n3)cc2)CC1. The fourth-order valence-electron chi connectivity index (χ4n) is 4.55. The highest BCUT2D eigenvalue weighted by Crippen LogP contribution is 2.25. The van der Waals surface area contributed by atoms with Crippen molar-refractivity contribution in [3.63, 3.8) is 0 Å². The molecule has 0 spiro atoms. The number of anilines is 4. The van der Waals surface area contributed by atoms with Crippen molar-refractivity contribution in [2.24, 2.45) is 0 Å². The zero-order valence-electron chi connectivity index (χ0n) is 21.9. The molecule has 0 saturated carbocycles. The number of ether oxygens (including phenoxy) is 1. The van der Waals surface area contributed by atoms with Crippen molar-refractivity contribution in [1.82, 2.24) is 14.9 Å². The van der Waals surface area contributed by atoms with E-state index in [2.05, 4.69) is 37.6 Å². The Labute approximate surface area is 227 Å². The van der Waals surface area contributed by atoms with Crippen molar-refractivity contribution in [3.05, 3.63) is 90.6 Å². The normalized spacial score (nSPS) is 13.1. The summed E-state index contributed by atoms with van der Waals surface area (Å²) in [4.78, 5) is 37.4. The number of piperazine rings is 1. The average Bonchev–Trinajstić information content (AvgIpc) is 2.97. The molecule has 1 aromatic heterocycles. The number of benzene rings is 3. The highest BCUT2D eigenvalue weighted by Gasteiger charge is 2.24. The Kier molecular flexibility index (Phi) is 7.68. The van der Waals surface area contributed by atoms with Crippen molar-refractivity contribution in [2.75, 3.05) is 48.8 Å². The van der Waals surface area contributed by atoms with Crippen molar-refractivity contribution in [1.29, 1.82) is 0 Å². The summed E-state index contributed by atoms with van der Waals surface area (Å²) in [7, 11) is 1.58. The molecule has 9 nitrogen and oxygen atoms in total. The summed E-state index contributed by atoms with van der Waals surface area (Å²) in [5.74, 6) is 0.985. The van der Waals surface area contributed by atoms with Gasteiger partial charge in [-0.3, -0.25) is 9.59 Å². The first-order chi connectivity index (χ1) is 19.0. The lowest BCUT2D eigenvalue weighted by Gasteiger charge is -2.36. The zero-order chi connectivity index (χ0) is 27.2. The molecule has 198 valence electrons. The molecule has 1 aliphatic rings. The van der Waals surface area contributed by atoms with Crippen LogP contribution in [0.15, 0.2) is 85.1 Å². The molecule has 2 amide bonds. The van der Waals surface area contributed by atoms with Crippen LogP contribution >= 0.6 is 0 Å². The lowest BCUT2D eigenvalue weighted by molar-refractivity contribution is -0.114. The molecule has 4 aromatic rings. The number of carbonyl (C=O) groups excluding carboxylic acids is 2. The van der Waals surface area contributed by atoms with Crippen LogP contribution in [0.5, 0.6) is 5.75 Å². The summed E-state index contributed by atoms with van der Waals surface area (Å²) < 4.78 is 5.36. The highest BCUT2D eigenvalue weighted by atomic mass is 16.5. The van der Waals surface area contributed by atoms with Crippen LogP contribution in [0.25, 0.3) is 11.3 Å². The van der Waals surface area contributed by atoms with E-state index in [9.17, 15) is 9.59 Å². The largest absolute Gasteiger partial charge is 0.496 e. The van der Waals surface area contributed by atoms with E-state index >= 15 is 0 Å². The maximum atomic E-state index is 13.0. The van der Waals surface area contributed by atoms with E-state index in [-0.39, 0.29) is 11.8 Å². The number of aromatic nitrogens is 2. The maximum absolute atomic E-state index is 13.0. The fraction of sp³-hybridized carbons (Fsp3) is 0.200. The first kappa shape index (κ1) is 25.7. The topological polar surface area (TPSA) is 99.7 Å². The number of nitrogens with one attached hydrogen (secondary N) is 2. The molecule has 0 unspecified atom stereocenters. The van der Waals surface area contributed by atoms with Gasteiger partial charge >= 0.3 is 0 Å². The molecule has 2 N–H and O–H groups in total. The number of methoxy groups -OCH3 is 1. The first-order valence-corrected chi connectivity index (χ1v) is 12.8. The smallest absolute Gasteiger partial charge is 0.257 e. The van der Waals surface area contributed by atoms with Gasteiger partial charge in [0, 0.05) is 61.9 Å². The zero-order valence-corrected chi connectivity index (χ0v) is 21.9. The van der Waals surface area contributed by atoms with Crippen LogP contribution in [0, 0.1) is 0 Å². The fourth-order valence-corrected chi connectivity index (χ4v) is 4.55. The number of nitrogens with zero attached hydrogens (tertiary/aromatic N) is 4. The highest BCUT2D eigenvalue weighted by molar-refractivity contribution is 5.97. The van der Waals surface area contributed by atoms with E-state index < -0.39 is 0 Å². The van der Waals surface area contributed by atoms with E-state index in [1.165, 1.54) is 6.92 Å². The molecule has 2 heterocycles. The first-order valence-electron chi connectivity index (χ1n) is 12.8. The Bertz CT molecular complexity index is 1450. The van der Waals surface area contributed by atoms with Crippen molar-refractivity contribution in [2.45, 2.75) is 6.92 Å². The van der Waals surface area contributed by atoms with E-state index in [0.29, 0.717) is 30.4 Å². The summed E-state index contributed by atoms with van der Waals surface area (Å²) in [6.45, 7) is 4.27. The maximum Gasteiger partial charge on any atom is 0.257 e. The summed E-state index contributed by atoms with van der Waals surface area (Å²) in [6.07, 6.45) is 1.71. The summed E-state index contributed by atoms with van der Waals surface area (Å²) >= 11 is 0. The van der Waals surface area contributed by atoms with Gasteiger partial charge in [0.15, 0.2) is 0 Å². The van der Waals surface area contributed by atoms with E-state index in [4.69, 9.17) is 4.74 Å². The molecular formula is C30H30N6O3. The predicted octanol–water partition coefficient (Wildman–Crippen LogP) is 4.82. The van der Waals surface area contributed by atoms with Gasteiger partial charge in [-0.05, 0) is 54.6 Å². The quantitative estimate of drug-likeness (QED) is 0.359. The van der Waals surface area contributed by atoms with E-state index in [1.54, 1.807) is 13.3 Å². The van der Waals surface area contributed by atoms with Crippen LogP contribution in [-0.4, -0.2) is 60.0 Å². The van der Waals surface area contributed by atoms with Crippen LogP contribution in [0.3, 0.4) is 0 Å². The van der Waals surface area contributed by atoms with Gasteiger partial charge in [-0.25, -0.2) is 9.97 Å². The summed E-state index contributed by atoms with van der Waals surface area (Å²) in [5.41, 5.74) is 5.01. The Morgan fingerprint density at radius 1 is 0.846 bits per heavy atom.